The van der Waals surface area contributed by atoms with Crippen molar-refractivity contribution in [2.45, 2.75) is 40.7 Å². The number of esters is 1. The number of nitrogens with one attached hydrogen (secondary N) is 1. The minimum atomic E-state index is -0.599. The van der Waals surface area contributed by atoms with Crippen molar-refractivity contribution in [1.29, 1.82) is 0 Å². The molecule has 1 amide bonds. The van der Waals surface area contributed by atoms with Gasteiger partial charge in [-0.2, -0.15) is 5.10 Å². The van der Waals surface area contributed by atoms with Gasteiger partial charge in [0.05, 0.1) is 27.2 Å². The molecule has 2 aromatic heterocycles. The standard InChI is InChI=1S/C17H20BrN3O4S/c1-6-25-17(24)13-8(2)14(11(5)22)26-16(13)19-15(23)10(4)21-7-12(18)9(3)20-21/h7,10H,6H2,1-5H3,(H,19,23). The monoisotopic (exact) mass is 441 g/mol. The van der Waals surface area contributed by atoms with E-state index in [1.54, 1.807) is 27.0 Å². The normalized spacial score (nSPS) is 11.9. The second-order valence-electron chi connectivity index (χ2n) is 5.74. The van der Waals surface area contributed by atoms with Crippen LogP contribution in [0.1, 0.15) is 58.1 Å². The number of thiophene rings is 1. The van der Waals surface area contributed by atoms with Gasteiger partial charge in [-0.25, -0.2) is 4.79 Å². The minimum absolute atomic E-state index is 0.168. The molecule has 140 valence electrons. The number of ketones is 1. The van der Waals surface area contributed by atoms with E-state index in [1.165, 1.54) is 11.6 Å². The number of Topliss-reactive ketones (excluding diaryl/α,β-unsaturated/α-hetero) is 1. The highest BCUT2D eigenvalue weighted by Crippen LogP contribution is 2.34. The first kappa shape index (κ1) is 20.3. The molecular weight excluding hydrogens is 422 g/mol. The smallest absolute Gasteiger partial charge is 0.341 e. The Morgan fingerprint density at radius 1 is 1.38 bits per heavy atom. The number of aromatic nitrogens is 2. The van der Waals surface area contributed by atoms with Crippen LogP contribution in [-0.4, -0.2) is 34.0 Å². The molecule has 0 spiro atoms. The summed E-state index contributed by atoms with van der Waals surface area (Å²) in [4.78, 5) is 37.2. The largest absolute Gasteiger partial charge is 0.462 e. The molecule has 2 heterocycles. The van der Waals surface area contributed by atoms with Gasteiger partial charge in [0.15, 0.2) is 5.78 Å². The molecule has 7 nitrogen and oxygen atoms in total. The summed E-state index contributed by atoms with van der Waals surface area (Å²) in [6, 6.07) is -0.599. The van der Waals surface area contributed by atoms with Crippen LogP contribution < -0.4 is 5.32 Å². The van der Waals surface area contributed by atoms with E-state index in [0.717, 1.165) is 21.5 Å². The third-order valence-corrected chi connectivity index (χ3v) is 5.90. The summed E-state index contributed by atoms with van der Waals surface area (Å²) in [5.74, 6) is -1.07. The zero-order valence-electron chi connectivity index (χ0n) is 15.2. The Bertz CT molecular complexity index is 852. The number of nitrogens with zero attached hydrogens (tertiary/aromatic N) is 2. The van der Waals surface area contributed by atoms with Crippen molar-refractivity contribution in [3.05, 3.63) is 32.4 Å². The van der Waals surface area contributed by atoms with Gasteiger partial charge in [0, 0.05) is 6.20 Å². The van der Waals surface area contributed by atoms with E-state index in [9.17, 15) is 14.4 Å². The summed E-state index contributed by atoms with van der Waals surface area (Å²) in [7, 11) is 0. The maximum absolute atomic E-state index is 12.6. The van der Waals surface area contributed by atoms with Crippen LogP contribution in [0, 0.1) is 13.8 Å². The fourth-order valence-electron chi connectivity index (χ4n) is 2.38. The lowest BCUT2D eigenvalue weighted by Gasteiger charge is -2.13. The highest BCUT2D eigenvalue weighted by Gasteiger charge is 2.27. The minimum Gasteiger partial charge on any atom is -0.462 e. The fraction of sp³-hybridized carbons (Fsp3) is 0.412. The second-order valence-corrected chi connectivity index (χ2v) is 7.62. The first-order chi connectivity index (χ1) is 12.2. The second kappa shape index (κ2) is 8.13. The van der Waals surface area contributed by atoms with E-state index in [-0.39, 0.29) is 23.9 Å². The number of halogens is 1. The van der Waals surface area contributed by atoms with Gasteiger partial charge in [0.1, 0.15) is 11.0 Å². The zero-order chi connectivity index (χ0) is 19.6. The number of ether oxygens (including phenoxy) is 1. The van der Waals surface area contributed by atoms with Crippen LogP contribution in [0.25, 0.3) is 0 Å². The summed E-state index contributed by atoms with van der Waals surface area (Å²) >= 11 is 4.44. The summed E-state index contributed by atoms with van der Waals surface area (Å²) in [6.45, 7) is 8.52. The van der Waals surface area contributed by atoms with Crippen molar-refractivity contribution in [3.63, 3.8) is 0 Å². The van der Waals surface area contributed by atoms with Crippen LogP contribution in [0.3, 0.4) is 0 Å². The van der Waals surface area contributed by atoms with Crippen LogP contribution in [0.2, 0.25) is 0 Å². The number of hydrogen-bond acceptors (Lipinski definition) is 6. The van der Waals surface area contributed by atoms with E-state index in [1.807, 2.05) is 6.92 Å². The van der Waals surface area contributed by atoms with Gasteiger partial charge in [-0.05, 0) is 56.1 Å². The van der Waals surface area contributed by atoms with Crippen LogP contribution in [0.15, 0.2) is 10.7 Å². The van der Waals surface area contributed by atoms with Gasteiger partial charge >= 0.3 is 5.97 Å². The number of anilines is 1. The van der Waals surface area contributed by atoms with E-state index in [2.05, 4.69) is 26.3 Å². The number of hydrogen-bond donors (Lipinski definition) is 1. The summed E-state index contributed by atoms with van der Waals surface area (Å²) in [5.41, 5.74) is 1.50. The molecular formula is C17H20BrN3O4S. The van der Waals surface area contributed by atoms with Gasteiger partial charge < -0.3 is 10.1 Å². The van der Waals surface area contributed by atoms with Crippen LogP contribution in [0.5, 0.6) is 0 Å². The molecule has 0 aromatic carbocycles. The highest BCUT2D eigenvalue weighted by atomic mass is 79.9. The first-order valence-electron chi connectivity index (χ1n) is 8.00. The van der Waals surface area contributed by atoms with Crippen molar-refractivity contribution in [2.24, 2.45) is 0 Å². The summed E-state index contributed by atoms with van der Waals surface area (Å²) in [5, 5.41) is 7.33. The van der Waals surface area contributed by atoms with Gasteiger partial charge in [-0.15, -0.1) is 11.3 Å². The SMILES string of the molecule is CCOC(=O)c1c(NC(=O)C(C)n2cc(Br)c(C)n2)sc(C(C)=O)c1C. The van der Waals surface area contributed by atoms with Gasteiger partial charge in [0.25, 0.3) is 0 Å². The maximum atomic E-state index is 12.6. The van der Waals surface area contributed by atoms with Crippen LogP contribution in [0.4, 0.5) is 5.00 Å². The van der Waals surface area contributed by atoms with Crippen LogP contribution >= 0.6 is 27.3 Å². The Balaban J connectivity index is 2.35. The predicted molar refractivity (Wildman–Crippen MR) is 103 cm³/mol. The molecule has 9 heteroatoms. The Kier molecular flexibility index (Phi) is 6.35. The molecule has 2 aromatic rings. The van der Waals surface area contributed by atoms with Crippen molar-refractivity contribution in [2.75, 3.05) is 11.9 Å². The van der Waals surface area contributed by atoms with Crippen molar-refractivity contribution in [1.82, 2.24) is 9.78 Å². The first-order valence-corrected chi connectivity index (χ1v) is 9.61. The summed E-state index contributed by atoms with van der Waals surface area (Å²) in [6.07, 6.45) is 1.71. The molecule has 1 atom stereocenters. The highest BCUT2D eigenvalue weighted by molar-refractivity contribution is 9.10. The third-order valence-electron chi connectivity index (χ3n) is 3.82. The Labute approximate surface area is 163 Å². The molecule has 0 bridgehead atoms. The van der Waals surface area contributed by atoms with Crippen molar-refractivity contribution in [3.8, 4) is 0 Å². The molecule has 0 saturated heterocycles. The Morgan fingerprint density at radius 3 is 2.54 bits per heavy atom. The number of amides is 1. The molecule has 2 rings (SSSR count). The molecule has 1 unspecified atom stereocenters. The van der Waals surface area contributed by atoms with E-state index < -0.39 is 12.0 Å². The summed E-state index contributed by atoms with van der Waals surface area (Å²) < 4.78 is 7.40. The molecule has 0 fully saturated rings. The lowest BCUT2D eigenvalue weighted by molar-refractivity contribution is -0.119. The molecule has 0 aliphatic rings. The molecule has 0 saturated carbocycles. The Hall–Kier alpha value is -2.00. The van der Waals surface area contributed by atoms with E-state index >= 15 is 0 Å². The molecule has 1 N–H and O–H groups in total. The average molecular weight is 442 g/mol. The quantitative estimate of drug-likeness (QED) is 0.541. The van der Waals surface area contributed by atoms with Gasteiger partial charge in [-0.1, -0.05) is 0 Å². The third kappa shape index (κ3) is 4.04. The van der Waals surface area contributed by atoms with Crippen molar-refractivity contribution < 1.29 is 19.1 Å². The molecule has 0 aliphatic heterocycles. The Morgan fingerprint density at radius 2 is 2.04 bits per heavy atom. The number of carbonyl (C=O) groups excluding carboxylic acids is 3. The number of carbonyl (C=O) groups is 3. The number of aryl methyl sites for hydroxylation is 1. The van der Waals surface area contributed by atoms with E-state index in [0.29, 0.717) is 15.4 Å². The maximum Gasteiger partial charge on any atom is 0.341 e. The van der Waals surface area contributed by atoms with Crippen LogP contribution in [-0.2, 0) is 9.53 Å². The topological polar surface area (TPSA) is 90.3 Å². The molecule has 0 aliphatic carbocycles. The predicted octanol–water partition coefficient (Wildman–Crippen LogP) is 3.90. The average Bonchev–Trinajstić information content (AvgIpc) is 3.07. The zero-order valence-corrected chi connectivity index (χ0v) is 17.6. The molecule has 26 heavy (non-hydrogen) atoms. The lowest BCUT2D eigenvalue weighted by atomic mass is 10.1. The fourth-order valence-corrected chi connectivity index (χ4v) is 3.76. The van der Waals surface area contributed by atoms with Gasteiger partial charge in [0.2, 0.25) is 5.91 Å². The van der Waals surface area contributed by atoms with Gasteiger partial charge in [-0.3, -0.25) is 14.3 Å². The van der Waals surface area contributed by atoms with E-state index in [4.69, 9.17) is 4.74 Å². The number of rotatable bonds is 6. The molecule has 0 radical (unpaired) electrons. The lowest BCUT2D eigenvalue weighted by Crippen LogP contribution is -2.24. The van der Waals surface area contributed by atoms with Crippen molar-refractivity contribution >= 4 is 49.9 Å².